The van der Waals surface area contributed by atoms with Crippen LogP contribution < -0.4 is 10.1 Å². The number of aliphatic imine (C=N–C) groups is 1. The van der Waals surface area contributed by atoms with Gasteiger partial charge in [0.15, 0.2) is 17.4 Å². The first-order valence-corrected chi connectivity index (χ1v) is 16.8. The number of fused-ring (bicyclic) bond motifs is 3. The van der Waals surface area contributed by atoms with E-state index in [0.29, 0.717) is 22.4 Å². The average molecular weight is 700 g/mol. The van der Waals surface area contributed by atoms with Crippen molar-refractivity contribution in [2.24, 2.45) is 4.99 Å². The highest BCUT2D eigenvalue weighted by Gasteiger charge is 2.32. The predicted octanol–water partition coefficient (Wildman–Crippen LogP) is 6.00. The Balaban J connectivity index is 1.15. The van der Waals surface area contributed by atoms with Gasteiger partial charge in [-0.3, -0.25) is 14.4 Å². The third-order valence-electron chi connectivity index (χ3n) is 8.13. The quantitative estimate of drug-likeness (QED) is 0.149. The van der Waals surface area contributed by atoms with Crippen molar-refractivity contribution in [2.75, 3.05) is 19.8 Å². The van der Waals surface area contributed by atoms with Crippen LogP contribution in [0.1, 0.15) is 64.2 Å². The Kier molecular flexibility index (Phi) is 10.1. The average Bonchev–Trinajstić information content (AvgIpc) is 3.56. The lowest BCUT2D eigenvalue weighted by molar-refractivity contribution is -0.142. The number of aliphatic carboxylic acids is 1. The molecule has 0 fully saturated rings. The van der Waals surface area contributed by atoms with Gasteiger partial charge in [0.05, 0.1) is 37.2 Å². The van der Waals surface area contributed by atoms with Gasteiger partial charge in [0.1, 0.15) is 30.1 Å². The first-order chi connectivity index (χ1) is 23.6. The SMILES string of the molecule is Cc1sc2c(c1C)C(c1ccc(Cl)cc1)=N[C@@H](CC(=O)N[C@@H](C)c1ccc(-c3ncc(OCCOCC(=O)O)cn3)cc1)c1nnc(C)n1-2. The normalized spacial score (nSPS) is 14.3. The lowest BCUT2D eigenvalue weighted by atomic mass is 9.99. The second kappa shape index (κ2) is 14.6. The number of hydrogen-bond acceptors (Lipinski definition) is 10. The molecule has 252 valence electrons. The van der Waals surface area contributed by atoms with Crippen LogP contribution in [0.15, 0.2) is 65.9 Å². The minimum atomic E-state index is -1.03. The Labute approximate surface area is 291 Å². The van der Waals surface area contributed by atoms with Crippen LogP contribution in [0, 0.1) is 20.8 Å². The van der Waals surface area contributed by atoms with E-state index >= 15 is 0 Å². The van der Waals surface area contributed by atoms with Gasteiger partial charge in [0.2, 0.25) is 5.91 Å². The number of thiophene rings is 1. The van der Waals surface area contributed by atoms with Gasteiger partial charge in [0.25, 0.3) is 0 Å². The topological polar surface area (TPSA) is 154 Å². The molecule has 3 aromatic heterocycles. The number of aromatic nitrogens is 5. The van der Waals surface area contributed by atoms with E-state index in [2.05, 4.69) is 39.3 Å². The minimum absolute atomic E-state index is 0.0819. The zero-order valence-corrected chi connectivity index (χ0v) is 28.9. The number of halogens is 1. The second-order valence-electron chi connectivity index (χ2n) is 11.6. The number of aryl methyl sites for hydroxylation is 2. The molecule has 14 heteroatoms. The standard InChI is InChI=1S/C35H34ClN7O5S/c1-19-21(3)49-35-31(19)32(24-9-11-26(36)12-10-24)40-28(34-42-41-22(4)43(34)35)15-29(44)39-20(2)23-5-7-25(8-6-23)33-37-16-27(17-38-33)48-14-13-47-18-30(45)46/h5-12,16-17,20,28H,13-15,18H2,1-4H3,(H,39,44)(H,45,46)/t20-,28-/m0/s1. The van der Waals surface area contributed by atoms with Crippen LogP contribution in [0.25, 0.3) is 16.4 Å². The van der Waals surface area contributed by atoms with E-state index in [0.717, 1.165) is 44.4 Å². The maximum atomic E-state index is 13.6. The highest BCUT2D eigenvalue weighted by Crippen LogP contribution is 2.39. The Bertz CT molecular complexity index is 2010. The summed E-state index contributed by atoms with van der Waals surface area (Å²) in [6, 6.07) is 14.4. The highest BCUT2D eigenvalue weighted by atomic mass is 35.5. The number of nitrogens with zero attached hydrogens (tertiary/aromatic N) is 6. The third-order valence-corrected chi connectivity index (χ3v) is 9.58. The summed E-state index contributed by atoms with van der Waals surface area (Å²) >= 11 is 7.89. The Morgan fingerprint density at radius 1 is 1.00 bits per heavy atom. The summed E-state index contributed by atoms with van der Waals surface area (Å²) in [6.45, 7) is 7.98. The molecule has 4 heterocycles. The number of carboxylic acid groups (broad SMARTS) is 1. The van der Waals surface area contributed by atoms with Crippen molar-refractivity contribution in [1.82, 2.24) is 30.0 Å². The van der Waals surface area contributed by atoms with Crippen LogP contribution in [0.2, 0.25) is 5.02 Å². The highest BCUT2D eigenvalue weighted by molar-refractivity contribution is 7.15. The van der Waals surface area contributed by atoms with Crippen LogP contribution in [0.3, 0.4) is 0 Å². The van der Waals surface area contributed by atoms with Crippen LogP contribution in [0.4, 0.5) is 0 Å². The van der Waals surface area contributed by atoms with Gasteiger partial charge in [-0.1, -0.05) is 48.0 Å². The molecule has 0 spiro atoms. The number of rotatable bonds is 12. The van der Waals surface area contributed by atoms with E-state index < -0.39 is 12.0 Å². The maximum absolute atomic E-state index is 13.6. The fraction of sp³-hybridized carbons (Fsp3) is 0.286. The van der Waals surface area contributed by atoms with E-state index in [1.54, 1.807) is 23.7 Å². The number of amides is 1. The van der Waals surface area contributed by atoms with Crippen LogP contribution in [-0.4, -0.2) is 67.2 Å². The van der Waals surface area contributed by atoms with Gasteiger partial charge >= 0.3 is 5.97 Å². The lowest BCUT2D eigenvalue weighted by Gasteiger charge is -2.17. The summed E-state index contributed by atoms with van der Waals surface area (Å²) in [4.78, 5) is 39.2. The molecule has 0 saturated heterocycles. The molecule has 2 aromatic carbocycles. The minimum Gasteiger partial charge on any atom is -0.488 e. The molecule has 1 aliphatic rings. The number of benzene rings is 2. The van der Waals surface area contributed by atoms with Crippen molar-refractivity contribution in [3.05, 3.63) is 105 Å². The smallest absolute Gasteiger partial charge is 0.329 e. The monoisotopic (exact) mass is 699 g/mol. The van der Waals surface area contributed by atoms with Gasteiger partial charge in [-0.25, -0.2) is 14.8 Å². The van der Waals surface area contributed by atoms with E-state index in [1.807, 2.05) is 66.9 Å². The Morgan fingerprint density at radius 3 is 2.39 bits per heavy atom. The van der Waals surface area contributed by atoms with Gasteiger partial charge in [-0.2, -0.15) is 0 Å². The molecule has 2 N–H and O–H groups in total. The molecule has 0 bridgehead atoms. The fourth-order valence-corrected chi connectivity index (χ4v) is 6.87. The maximum Gasteiger partial charge on any atom is 0.329 e. The van der Waals surface area contributed by atoms with Crippen LogP contribution in [0.5, 0.6) is 5.75 Å². The fourth-order valence-electron chi connectivity index (χ4n) is 5.53. The Morgan fingerprint density at radius 2 is 1.69 bits per heavy atom. The van der Waals surface area contributed by atoms with E-state index in [1.165, 1.54) is 4.88 Å². The summed E-state index contributed by atoms with van der Waals surface area (Å²) in [7, 11) is 0. The predicted molar refractivity (Wildman–Crippen MR) is 186 cm³/mol. The number of carbonyl (C=O) groups is 2. The number of carbonyl (C=O) groups excluding carboxylic acids is 1. The van der Waals surface area contributed by atoms with Gasteiger partial charge in [0, 0.05) is 26.6 Å². The van der Waals surface area contributed by atoms with E-state index in [4.69, 9.17) is 31.2 Å². The Hall–Kier alpha value is -4.98. The molecule has 0 saturated carbocycles. The molecule has 1 amide bonds. The van der Waals surface area contributed by atoms with Crippen molar-refractivity contribution in [1.29, 1.82) is 0 Å². The molecule has 2 atom stereocenters. The molecule has 0 unspecified atom stereocenters. The van der Waals surface area contributed by atoms with Crippen molar-refractivity contribution in [3.63, 3.8) is 0 Å². The molecular formula is C35H34ClN7O5S. The van der Waals surface area contributed by atoms with E-state index in [9.17, 15) is 9.59 Å². The molecule has 5 aromatic rings. The van der Waals surface area contributed by atoms with Crippen molar-refractivity contribution in [3.8, 4) is 22.1 Å². The number of carboxylic acids is 1. The molecule has 1 aliphatic heterocycles. The molecule has 6 rings (SSSR count). The number of ether oxygens (including phenoxy) is 2. The zero-order chi connectivity index (χ0) is 34.7. The largest absolute Gasteiger partial charge is 0.488 e. The third kappa shape index (κ3) is 7.53. The van der Waals surface area contributed by atoms with Gasteiger partial charge in [-0.15, -0.1) is 21.5 Å². The summed E-state index contributed by atoms with van der Waals surface area (Å²) in [6.07, 6.45) is 3.18. The van der Waals surface area contributed by atoms with E-state index in [-0.39, 0.29) is 38.2 Å². The molecule has 12 nitrogen and oxygen atoms in total. The number of nitrogens with one attached hydrogen (secondary N) is 1. The molecule has 49 heavy (non-hydrogen) atoms. The van der Waals surface area contributed by atoms with Crippen LogP contribution >= 0.6 is 22.9 Å². The number of hydrogen-bond donors (Lipinski definition) is 2. The van der Waals surface area contributed by atoms with Gasteiger partial charge in [-0.05, 0) is 51.0 Å². The molecule has 0 aliphatic carbocycles. The summed E-state index contributed by atoms with van der Waals surface area (Å²) < 4.78 is 12.5. The first kappa shape index (κ1) is 33.9. The first-order valence-electron chi connectivity index (χ1n) is 15.6. The molecular weight excluding hydrogens is 666 g/mol. The zero-order valence-electron chi connectivity index (χ0n) is 27.3. The van der Waals surface area contributed by atoms with Crippen molar-refractivity contribution < 1.29 is 24.2 Å². The molecule has 0 radical (unpaired) electrons. The van der Waals surface area contributed by atoms with Crippen molar-refractivity contribution >= 4 is 40.5 Å². The summed E-state index contributed by atoms with van der Waals surface area (Å²) in [5.74, 6) is 1.12. The second-order valence-corrected chi connectivity index (χ2v) is 13.2. The van der Waals surface area contributed by atoms with Gasteiger partial charge < -0.3 is 19.9 Å². The van der Waals surface area contributed by atoms with Crippen LogP contribution in [-0.2, 0) is 14.3 Å². The summed E-state index contributed by atoms with van der Waals surface area (Å²) in [5, 5.41) is 22.3. The van der Waals surface area contributed by atoms with Crippen molar-refractivity contribution in [2.45, 2.75) is 46.2 Å². The lowest BCUT2D eigenvalue weighted by Crippen LogP contribution is -2.28. The summed E-state index contributed by atoms with van der Waals surface area (Å²) in [5.41, 5.74) is 5.57.